The van der Waals surface area contributed by atoms with Crippen LogP contribution in [0, 0.1) is 28.6 Å². The van der Waals surface area contributed by atoms with Gasteiger partial charge in [0.05, 0.1) is 0 Å². The molecular weight excluding hydrogens is 434 g/mol. The van der Waals surface area contributed by atoms with Crippen LogP contribution in [0.1, 0.15) is 104 Å². The van der Waals surface area contributed by atoms with Crippen molar-refractivity contribution in [2.75, 3.05) is 0 Å². The van der Waals surface area contributed by atoms with Crippen LogP contribution in [0.2, 0.25) is 0 Å². The first-order chi connectivity index (χ1) is 16.2. The van der Waals surface area contributed by atoms with Crippen molar-refractivity contribution in [1.82, 2.24) is 0 Å². The summed E-state index contributed by atoms with van der Waals surface area (Å²) in [5, 5.41) is 0. The first-order valence-electron chi connectivity index (χ1n) is 13.7. The van der Waals surface area contributed by atoms with Crippen molar-refractivity contribution in [3.63, 3.8) is 0 Å². The molecule has 0 saturated heterocycles. The number of halogens is 2. The highest BCUT2D eigenvalue weighted by Crippen LogP contribution is 2.64. The van der Waals surface area contributed by atoms with Crippen LogP contribution in [-0.2, 0) is 14.3 Å². The minimum Gasteiger partial charge on any atom is -0.462 e. The van der Waals surface area contributed by atoms with Crippen molar-refractivity contribution in [2.24, 2.45) is 28.6 Å². The molecule has 3 fully saturated rings. The summed E-state index contributed by atoms with van der Waals surface area (Å²) in [6.45, 7) is 4.68. The highest BCUT2D eigenvalue weighted by Gasteiger charge is 2.59. The zero-order chi connectivity index (χ0) is 24.3. The van der Waals surface area contributed by atoms with Gasteiger partial charge >= 0.3 is 5.97 Å². The Morgan fingerprint density at radius 2 is 1.76 bits per heavy atom. The van der Waals surface area contributed by atoms with Gasteiger partial charge in [0.25, 0.3) is 0 Å². The average Bonchev–Trinajstić information content (AvgIpc) is 3.12. The number of hydrogen-bond acceptors (Lipinski definition) is 3. The first kappa shape index (κ1) is 25.6. The summed E-state index contributed by atoms with van der Waals surface area (Å²) in [5.41, 5.74) is 1.39. The number of carbonyl (C=O) groups is 2. The molecule has 34 heavy (non-hydrogen) atoms. The molecule has 4 aliphatic rings. The second-order valence-corrected chi connectivity index (χ2v) is 11.8. The normalized spacial score (nSPS) is 36.6. The Kier molecular flexibility index (Phi) is 7.99. The minimum absolute atomic E-state index is 0.00254. The monoisotopic (exact) mass is 476 g/mol. The number of alkyl halides is 2. The van der Waals surface area contributed by atoms with E-state index in [9.17, 15) is 18.4 Å². The van der Waals surface area contributed by atoms with Crippen molar-refractivity contribution in [3.8, 4) is 0 Å². The maximum atomic E-state index is 12.6. The lowest BCUT2D eigenvalue weighted by Gasteiger charge is -2.56. The molecule has 5 heteroatoms. The van der Waals surface area contributed by atoms with Gasteiger partial charge in [-0.2, -0.15) is 0 Å². The van der Waals surface area contributed by atoms with Crippen LogP contribution in [0.15, 0.2) is 23.8 Å². The molecule has 0 aromatic heterocycles. The molecular formula is C29H42F2O3. The van der Waals surface area contributed by atoms with Crippen molar-refractivity contribution < 1.29 is 23.1 Å². The highest BCUT2D eigenvalue weighted by atomic mass is 19.3. The van der Waals surface area contributed by atoms with Crippen LogP contribution in [0.3, 0.4) is 0 Å². The Labute approximate surface area is 203 Å². The smallest absolute Gasteiger partial charge is 0.306 e. The summed E-state index contributed by atoms with van der Waals surface area (Å²) in [4.78, 5) is 24.6. The zero-order valence-corrected chi connectivity index (χ0v) is 21.0. The van der Waals surface area contributed by atoms with Gasteiger partial charge in [0.1, 0.15) is 6.10 Å². The van der Waals surface area contributed by atoms with Crippen molar-refractivity contribution in [1.29, 1.82) is 0 Å². The predicted octanol–water partition coefficient (Wildman–Crippen LogP) is 7.59. The predicted molar refractivity (Wildman–Crippen MR) is 129 cm³/mol. The van der Waals surface area contributed by atoms with E-state index in [1.54, 1.807) is 6.08 Å². The second kappa shape index (κ2) is 10.6. The Hall–Kier alpha value is -1.52. The van der Waals surface area contributed by atoms with Crippen molar-refractivity contribution >= 4 is 11.8 Å². The van der Waals surface area contributed by atoms with Crippen LogP contribution in [-0.4, -0.2) is 24.3 Å². The van der Waals surface area contributed by atoms with E-state index in [1.165, 1.54) is 5.57 Å². The number of esters is 1. The summed E-state index contributed by atoms with van der Waals surface area (Å²) in [7, 11) is 0. The molecule has 0 heterocycles. The molecule has 4 aliphatic carbocycles. The molecule has 6 atom stereocenters. The van der Waals surface area contributed by atoms with Gasteiger partial charge in [-0.1, -0.05) is 51.2 Å². The summed E-state index contributed by atoms with van der Waals surface area (Å²) < 4.78 is 30.4. The standard InChI is InChI=1S/C29H42F2O3/c1-28-17-15-21(32)19-20(28)11-12-22-23-13-14-25(29(23,2)18-16-24(22)28)34-27(33)10-8-6-4-3-5-7-9-26(30)31/h15,17,19,22-26H,3-14,16,18H2,1-2H3/t22-,23-,24-,25-,28-,29-/m0/s1. The molecule has 4 rings (SSSR count). The van der Waals surface area contributed by atoms with E-state index in [1.807, 2.05) is 6.08 Å². The molecule has 0 aliphatic heterocycles. The maximum absolute atomic E-state index is 12.6. The largest absolute Gasteiger partial charge is 0.462 e. The van der Waals surface area contributed by atoms with Crippen LogP contribution in [0.25, 0.3) is 0 Å². The van der Waals surface area contributed by atoms with E-state index in [0.717, 1.165) is 70.6 Å². The molecule has 190 valence electrons. The lowest BCUT2D eigenvalue weighted by atomic mass is 9.48. The van der Waals surface area contributed by atoms with Crippen molar-refractivity contribution in [2.45, 2.75) is 116 Å². The highest BCUT2D eigenvalue weighted by molar-refractivity contribution is 6.01. The average molecular weight is 477 g/mol. The lowest BCUT2D eigenvalue weighted by molar-refractivity contribution is -0.159. The quantitative estimate of drug-likeness (QED) is 0.241. The van der Waals surface area contributed by atoms with E-state index >= 15 is 0 Å². The SMILES string of the molecule is C[C@]12CC[C@H]3[C@@H](CCC4=CC(=O)C=C[C@@]43C)[C@@H]1CC[C@@H]2OC(=O)CCCCCCCCC(F)F. The fraction of sp³-hybridized carbons (Fsp3) is 0.793. The maximum Gasteiger partial charge on any atom is 0.306 e. The third-order valence-corrected chi connectivity index (χ3v) is 9.80. The van der Waals surface area contributed by atoms with Gasteiger partial charge in [-0.15, -0.1) is 0 Å². The third-order valence-electron chi connectivity index (χ3n) is 9.80. The van der Waals surface area contributed by atoms with Crippen LogP contribution >= 0.6 is 0 Å². The molecule has 3 saturated carbocycles. The van der Waals surface area contributed by atoms with Gasteiger partial charge in [0, 0.05) is 23.7 Å². The third kappa shape index (κ3) is 5.18. The molecule has 0 bridgehead atoms. The summed E-state index contributed by atoms with van der Waals surface area (Å²) in [5.74, 6) is 1.85. The molecule has 0 spiro atoms. The fourth-order valence-corrected chi connectivity index (χ4v) is 7.84. The molecule has 0 aromatic rings. The molecule has 0 N–H and O–H groups in total. The number of hydrogen-bond donors (Lipinski definition) is 0. The van der Waals surface area contributed by atoms with E-state index in [2.05, 4.69) is 19.9 Å². The number of fused-ring (bicyclic) bond motifs is 5. The fourth-order valence-electron chi connectivity index (χ4n) is 7.84. The van der Waals surface area contributed by atoms with Gasteiger partial charge in [-0.05, 0) is 81.3 Å². The van der Waals surface area contributed by atoms with Gasteiger partial charge in [0.2, 0.25) is 6.43 Å². The van der Waals surface area contributed by atoms with Crippen LogP contribution in [0.4, 0.5) is 8.78 Å². The Morgan fingerprint density at radius 1 is 1.03 bits per heavy atom. The van der Waals surface area contributed by atoms with Crippen LogP contribution in [0.5, 0.6) is 0 Å². The Bertz CT molecular complexity index is 818. The number of ketones is 1. The summed E-state index contributed by atoms with van der Waals surface area (Å²) >= 11 is 0. The number of rotatable bonds is 10. The topological polar surface area (TPSA) is 43.4 Å². The summed E-state index contributed by atoms with van der Waals surface area (Å²) in [6.07, 6.45) is 15.8. The number of ether oxygens (including phenoxy) is 1. The number of unbranched alkanes of at least 4 members (excludes halogenated alkanes) is 5. The zero-order valence-electron chi connectivity index (χ0n) is 21.0. The Morgan fingerprint density at radius 3 is 2.53 bits per heavy atom. The van der Waals surface area contributed by atoms with E-state index in [4.69, 9.17) is 4.74 Å². The van der Waals surface area contributed by atoms with E-state index in [-0.39, 0.29) is 35.1 Å². The van der Waals surface area contributed by atoms with Crippen LogP contribution < -0.4 is 0 Å². The molecule has 0 unspecified atom stereocenters. The van der Waals surface area contributed by atoms with Gasteiger partial charge < -0.3 is 4.74 Å². The summed E-state index contributed by atoms with van der Waals surface area (Å²) in [6, 6.07) is 0. The first-order valence-corrected chi connectivity index (χ1v) is 13.7. The van der Waals surface area contributed by atoms with Gasteiger partial charge in [-0.25, -0.2) is 8.78 Å². The van der Waals surface area contributed by atoms with Crippen molar-refractivity contribution in [3.05, 3.63) is 23.8 Å². The molecule has 0 amide bonds. The van der Waals surface area contributed by atoms with E-state index < -0.39 is 6.43 Å². The van der Waals surface area contributed by atoms with Gasteiger partial charge in [0.15, 0.2) is 5.78 Å². The second-order valence-electron chi connectivity index (χ2n) is 11.8. The number of allylic oxidation sites excluding steroid dienone is 4. The molecule has 3 nitrogen and oxygen atoms in total. The lowest BCUT2D eigenvalue weighted by Crippen LogP contribution is -2.51. The molecule has 0 radical (unpaired) electrons. The minimum atomic E-state index is -2.19. The van der Waals surface area contributed by atoms with E-state index in [0.29, 0.717) is 30.6 Å². The Balaban J connectivity index is 1.25. The van der Waals surface area contributed by atoms with Gasteiger partial charge in [-0.3, -0.25) is 9.59 Å². The molecule has 0 aromatic carbocycles. The number of carbonyl (C=O) groups excluding carboxylic acids is 2.